The summed E-state index contributed by atoms with van der Waals surface area (Å²) in [4.78, 5) is 24.6. The lowest BCUT2D eigenvalue weighted by Gasteiger charge is -2.30. The molecule has 0 radical (unpaired) electrons. The Morgan fingerprint density at radius 2 is 2.04 bits per heavy atom. The fraction of sp³-hybridized carbons (Fsp3) is 0.381. The van der Waals surface area contributed by atoms with Crippen LogP contribution in [0.3, 0.4) is 0 Å². The fourth-order valence-electron chi connectivity index (χ4n) is 3.84. The summed E-state index contributed by atoms with van der Waals surface area (Å²) in [6.45, 7) is 3.88. The van der Waals surface area contributed by atoms with Gasteiger partial charge >= 0.3 is 0 Å². The van der Waals surface area contributed by atoms with Crippen LogP contribution in [0.4, 0.5) is 0 Å². The number of carbonyl (C=O) groups is 1. The van der Waals surface area contributed by atoms with Crippen LogP contribution in [-0.4, -0.2) is 40.6 Å². The summed E-state index contributed by atoms with van der Waals surface area (Å²) in [5.41, 5.74) is 2.45. The van der Waals surface area contributed by atoms with Crippen LogP contribution in [0.15, 0.2) is 36.8 Å². The van der Waals surface area contributed by atoms with Crippen molar-refractivity contribution in [3.05, 3.63) is 58.8 Å². The van der Waals surface area contributed by atoms with Crippen LogP contribution in [0.1, 0.15) is 40.5 Å². The topological polar surface area (TPSA) is 79.9 Å². The summed E-state index contributed by atoms with van der Waals surface area (Å²) in [6.07, 6.45) is 7.48. The first-order valence-electron chi connectivity index (χ1n) is 9.53. The molecule has 1 saturated heterocycles. The van der Waals surface area contributed by atoms with Crippen LogP contribution in [0, 0.1) is 12.8 Å². The van der Waals surface area contributed by atoms with Gasteiger partial charge in [0.15, 0.2) is 0 Å². The Balaban J connectivity index is 1.53. The smallest absolute Gasteiger partial charge is 0.252 e. The first-order valence-corrected chi connectivity index (χ1v) is 9.91. The van der Waals surface area contributed by atoms with E-state index in [0.29, 0.717) is 23.0 Å². The summed E-state index contributed by atoms with van der Waals surface area (Å²) in [5.74, 6) is 1.13. The molecule has 4 rings (SSSR count). The van der Waals surface area contributed by atoms with Crippen LogP contribution >= 0.6 is 11.6 Å². The van der Waals surface area contributed by atoms with E-state index in [1.165, 1.54) is 0 Å². The second kappa shape index (κ2) is 8.29. The Morgan fingerprint density at radius 1 is 1.29 bits per heavy atom. The molecule has 3 aromatic rings. The molecular formula is C21H23ClN4O2. The van der Waals surface area contributed by atoms with E-state index in [1.807, 2.05) is 37.6 Å². The number of aromatic amines is 1. The second-order valence-corrected chi connectivity index (χ2v) is 7.57. The van der Waals surface area contributed by atoms with Crippen molar-refractivity contribution in [1.29, 1.82) is 0 Å². The molecular weight excluding hydrogens is 376 g/mol. The van der Waals surface area contributed by atoms with Gasteiger partial charge in [0, 0.05) is 55.2 Å². The number of hydrogen-bond donors (Lipinski definition) is 2. The molecule has 1 atom stereocenters. The average molecular weight is 399 g/mol. The van der Waals surface area contributed by atoms with Crippen molar-refractivity contribution in [2.75, 3.05) is 19.8 Å². The lowest BCUT2D eigenvalue weighted by Crippen LogP contribution is -2.34. The van der Waals surface area contributed by atoms with Crippen molar-refractivity contribution < 1.29 is 9.53 Å². The molecule has 1 fully saturated rings. The molecule has 6 nitrogen and oxygen atoms in total. The van der Waals surface area contributed by atoms with Gasteiger partial charge in [-0.25, -0.2) is 9.97 Å². The Labute approximate surface area is 168 Å². The maximum Gasteiger partial charge on any atom is 0.252 e. The highest BCUT2D eigenvalue weighted by molar-refractivity contribution is 6.38. The summed E-state index contributed by atoms with van der Waals surface area (Å²) >= 11 is 6.46. The van der Waals surface area contributed by atoms with E-state index in [9.17, 15) is 4.79 Å². The molecule has 1 amide bonds. The predicted molar refractivity (Wildman–Crippen MR) is 109 cm³/mol. The highest BCUT2D eigenvalue weighted by atomic mass is 35.5. The minimum Gasteiger partial charge on any atom is -0.381 e. The number of amides is 1. The standard InChI is InChI=1S/C21H23ClN4O2/c1-13-24-10-15(11-25-13)18(14-5-8-28-9-6-14)12-26-21(27)17-2-3-19-16(20(17)22)4-7-23-19/h2-4,7,10-11,14,18,23H,5-6,8-9,12H2,1H3,(H,26,27). The quantitative estimate of drug-likeness (QED) is 0.683. The molecule has 1 aromatic carbocycles. The molecule has 146 valence electrons. The summed E-state index contributed by atoms with van der Waals surface area (Å²) in [7, 11) is 0. The largest absolute Gasteiger partial charge is 0.381 e. The number of benzene rings is 1. The van der Waals surface area contributed by atoms with Crippen LogP contribution in [-0.2, 0) is 4.74 Å². The van der Waals surface area contributed by atoms with Crippen molar-refractivity contribution in [1.82, 2.24) is 20.3 Å². The van der Waals surface area contributed by atoms with Crippen molar-refractivity contribution in [3.63, 3.8) is 0 Å². The summed E-state index contributed by atoms with van der Waals surface area (Å²) in [6, 6.07) is 5.51. The highest BCUT2D eigenvalue weighted by Crippen LogP contribution is 2.32. The lowest BCUT2D eigenvalue weighted by atomic mass is 9.82. The third-order valence-electron chi connectivity index (χ3n) is 5.46. The zero-order valence-electron chi connectivity index (χ0n) is 15.7. The molecule has 0 spiro atoms. The summed E-state index contributed by atoms with van der Waals surface area (Å²) < 4.78 is 5.51. The normalized spacial score (nSPS) is 16.2. The Morgan fingerprint density at radius 3 is 2.79 bits per heavy atom. The van der Waals surface area contributed by atoms with Gasteiger partial charge in [0.1, 0.15) is 5.82 Å². The fourth-order valence-corrected chi connectivity index (χ4v) is 4.15. The summed E-state index contributed by atoms with van der Waals surface area (Å²) in [5, 5.41) is 4.40. The number of aryl methyl sites for hydroxylation is 1. The molecule has 0 saturated carbocycles. The van der Waals surface area contributed by atoms with Crippen LogP contribution in [0.5, 0.6) is 0 Å². The third-order valence-corrected chi connectivity index (χ3v) is 5.87. The molecule has 2 N–H and O–H groups in total. The van der Waals surface area contributed by atoms with Gasteiger partial charge < -0.3 is 15.0 Å². The van der Waals surface area contributed by atoms with Crippen LogP contribution in [0.2, 0.25) is 5.02 Å². The number of H-pyrrole nitrogens is 1. The van der Waals surface area contributed by atoms with Crippen LogP contribution < -0.4 is 5.32 Å². The molecule has 1 aliphatic rings. The molecule has 0 bridgehead atoms. The zero-order chi connectivity index (χ0) is 19.5. The van der Waals surface area contributed by atoms with Gasteiger partial charge in [0.05, 0.1) is 10.6 Å². The Kier molecular flexibility index (Phi) is 5.59. The van der Waals surface area contributed by atoms with E-state index in [0.717, 1.165) is 48.3 Å². The van der Waals surface area contributed by atoms with Crippen molar-refractivity contribution in [2.45, 2.75) is 25.7 Å². The first kappa shape index (κ1) is 18.9. The number of carbonyl (C=O) groups excluding carboxylic acids is 1. The predicted octanol–water partition coefficient (Wildman–Crippen LogP) is 3.86. The number of ether oxygens (including phenoxy) is 1. The van der Waals surface area contributed by atoms with Gasteiger partial charge in [-0.15, -0.1) is 0 Å². The average Bonchev–Trinajstić information content (AvgIpc) is 3.20. The van der Waals surface area contributed by atoms with Gasteiger partial charge in [-0.3, -0.25) is 4.79 Å². The monoisotopic (exact) mass is 398 g/mol. The van der Waals surface area contributed by atoms with E-state index < -0.39 is 0 Å². The molecule has 2 aromatic heterocycles. The zero-order valence-corrected chi connectivity index (χ0v) is 16.5. The number of halogens is 1. The molecule has 1 aliphatic heterocycles. The number of nitrogens with one attached hydrogen (secondary N) is 2. The molecule has 7 heteroatoms. The minimum absolute atomic E-state index is 0.142. The Hall–Kier alpha value is -2.44. The molecule has 1 unspecified atom stereocenters. The maximum absolute atomic E-state index is 12.8. The SMILES string of the molecule is Cc1ncc(C(CNC(=O)c2ccc3[nH]ccc3c2Cl)C2CCOCC2)cn1. The van der Waals surface area contributed by atoms with E-state index in [-0.39, 0.29) is 11.8 Å². The van der Waals surface area contributed by atoms with E-state index in [2.05, 4.69) is 20.3 Å². The molecule has 3 heterocycles. The van der Waals surface area contributed by atoms with Gasteiger partial charge in [-0.2, -0.15) is 0 Å². The minimum atomic E-state index is -0.168. The van der Waals surface area contributed by atoms with Gasteiger partial charge in [-0.1, -0.05) is 11.6 Å². The second-order valence-electron chi connectivity index (χ2n) is 7.20. The number of rotatable bonds is 5. The van der Waals surface area contributed by atoms with Gasteiger partial charge in [0.25, 0.3) is 5.91 Å². The molecule has 28 heavy (non-hydrogen) atoms. The number of nitrogens with zero attached hydrogens (tertiary/aromatic N) is 2. The van der Waals surface area contributed by atoms with Gasteiger partial charge in [-0.05, 0) is 49.4 Å². The van der Waals surface area contributed by atoms with Crippen molar-refractivity contribution >= 4 is 28.4 Å². The van der Waals surface area contributed by atoms with E-state index in [1.54, 1.807) is 6.07 Å². The molecule has 0 aliphatic carbocycles. The number of aromatic nitrogens is 3. The van der Waals surface area contributed by atoms with E-state index >= 15 is 0 Å². The maximum atomic E-state index is 12.8. The Bertz CT molecular complexity index is 964. The van der Waals surface area contributed by atoms with Crippen LogP contribution in [0.25, 0.3) is 10.9 Å². The van der Waals surface area contributed by atoms with E-state index in [4.69, 9.17) is 16.3 Å². The van der Waals surface area contributed by atoms with Gasteiger partial charge in [0.2, 0.25) is 0 Å². The number of hydrogen-bond acceptors (Lipinski definition) is 4. The number of fused-ring (bicyclic) bond motifs is 1. The van der Waals surface area contributed by atoms with Crippen molar-refractivity contribution in [2.24, 2.45) is 5.92 Å². The van der Waals surface area contributed by atoms with Crippen molar-refractivity contribution in [3.8, 4) is 0 Å². The third kappa shape index (κ3) is 3.88. The highest BCUT2D eigenvalue weighted by Gasteiger charge is 2.27. The lowest BCUT2D eigenvalue weighted by molar-refractivity contribution is 0.0572. The first-order chi connectivity index (χ1) is 13.6.